The first-order chi connectivity index (χ1) is 13.6. The van der Waals surface area contributed by atoms with Gasteiger partial charge in [0.1, 0.15) is 0 Å². The average Bonchev–Trinajstić information content (AvgIpc) is 3.40. The van der Waals surface area contributed by atoms with E-state index in [0.717, 1.165) is 45.1 Å². The summed E-state index contributed by atoms with van der Waals surface area (Å²) in [5.74, 6) is 1.40. The number of likely N-dealkylation sites (tertiary alicyclic amines) is 3. The van der Waals surface area contributed by atoms with Crippen LogP contribution in [0.3, 0.4) is 0 Å². The first kappa shape index (κ1) is 18.6. The molecule has 0 aromatic carbocycles. The summed E-state index contributed by atoms with van der Waals surface area (Å²) >= 11 is 0. The molecule has 0 radical (unpaired) electrons. The van der Waals surface area contributed by atoms with Gasteiger partial charge in [-0.05, 0) is 69.7 Å². The van der Waals surface area contributed by atoms with E-state index in [-0.39, 0.29) is 10.8 Å². The molecule has 3 saturated heterocycles. The lowest BCUT2D eigenvalue weighted by atomic mass is 9.60. The van der Waals surface area contributed by atoms with E-state index in [1.807, 2.05) is 18.5 Å². The Kier molecular flexibility index (Phi) is 4.71. The monoisotopic (exact) mass is 382 g/mol. The van der Waals surface area contributed by atoms with Gasteiger partial charge in [-0.15, -0.1) is 0 Å². The van der Waals surface area contributed by atoms with Gasteiger partial charge in [-0.25, -0.2) is 0 Å². The molecule has 1 saturated carbocycles. The second-order valence-electron chi connectivity index (χ2n) is 9.75. The van der Waals surface area contributed by atoms with Crippen LogP contribution in [0.4, 0.5) is 0 Å². The minimum absolute atomic E-state index is 0.156. The fraction of sp³-hybridized carbons (Fsp3) is 0.739. The minimum Gasteiger partial charge on any atom is -0.342 e. The highest BCUT2D eigenvalue weighted by atomic mass is 16.2. The van der Waals surface area contributed by atoms with E-state index in [9.17, 15) is 4.79 Å². The molecule has 1 atom stereocenters. The first-order valence-electron chi connectivity index (χ1n) is 11.3. The maximum Gasteiger partial charge on any atom is 0.230 e. The molecule has 28 heavy (non-hydrogen) atoms. The van der Waals surface area contributed by atoms with Crippen LogP contribution in [0.2, 0.25) is 0 Å². The van der Waals surface area contributed by atoms with Gasteiger partial charge in [0.15, 0.2) is 0 Å². The molecule has 1 aromatic rings. The predicted molar refractivity (Wildman–Crippen MR) is 110 cm³/mol. The van der Waals surface area contributed by atoms with Gasteiger partial charge in [0, 0.05) is 57.1 Å². The lowest BCUT2D eigenvalue weighted by Crippen LogP contribution is -2.53. The van der Waals surface area contributed by atoms with Gasteiger partial charge in [-0.1, -0.05) is 6.07 Å². The van der Waals surface area contributed by atoms with Crippen LogP contribution >= 0.6 is 0 Å². The zero-order valence-electron chi connectivity index (χ0n) is 17.3. The molecule has 5 nitrogen and oxygen atoms in total. The van der Waals surface area contributed by atoms with E-state index >= 15 is 0 Å². The molecular formula is C23H34N4O. The predicted octanol–water partition coefficient (Wildman–Crippen LogP) is 2.63. The highest BCUT2D eigenvalue weighted by Gasteiger charge is 2.64. The Hall–Kier alpha value is -1.46. The molecule has 4 heterocycles. The molecule has 0 bridgehead atoms. The summed E-state index contributed by atoms with van der Waals surface area (Å²) in [7, 11) is 0. The lowest BCUT2D eigenvalue weighted by molar-refractivity contribution is -0.142. The third-order valence-electron chi connectivity index (χ3n) is 8.08. The van der Waals surface area contributed by atoms with Gasteiger partial charge >= 0.3 is 0 Å². The molecule has 4 aliphatic rings. The lowest BCUT2D eigenvalue weighted by Gasteiger charge is -2.47. The third-order valence-corrected chi connectivity index (χ3v) is 8.08. The molecule has 4 fully saturated rings. The quantitative estimate of drug-likeness (QED) is 0.785. The van der Waals surface area contributed by atoms with Gasteiger partial charge in [0.2, 0.25) is 5.91 Å². The van der Waals surface area contributed by atoms with E-state index in [0.29, 0.717) is 5.91 Å². The van der Waals surface area contributed by atoms with Gasteiger partial charge in [0.25, 0.3) is 0 Å². The number of amides is 1. The maximum atomic E-state index is 13.6. The van der Waals surface area contributed by atoms with E-state index in [2.05, 4.69) is 32.7 Å². The number of hydrogen-bond acceptors (Lipinski definition) is 4. The smallest absolute Gasteiger partial charge is 0.230 e. The van der Waals surface area contributed by atoms with Gasteiger partial charge in [0.05, 0.1) is 5.41 Å². The van der Waals surface area contributed by atoms with Gasteiger partial charge < -0.3 is 9.80 Å². The summed E-state index contributed by atoms with van der Waals surface area (Å²) in [5.41, 5.74) is 1.27. The Bertz CT molecular complexity index is 711. The number of aromatic nitrogens is 1. The standard InChI is InChI=1S/C23H34N4O/c1-2-27-13-9-23(21(27)28)18-26(16-20-4-3-10-24-14-20)17-22(23)7-11-25(12-8-22)15-19-5-6-19/h3-4,10,14,19H,2,5-9,11-13,15-18H2,1H3/t23-/m0/s1. The zero-order chi connectivity index (χ0) is 19.2. The fourth-order valence-electron chi connectivity index (χ4n) is 6.29. The largest absolute Gasteiger partial charge is 0.342 e. The van der Waals surface area contributed by atoms with Crippen molar-refractivity contribution in [1.29, 1.82) is 0 Å². The summed E-state index contributed by atoms with van der Waals surface area (Å²) in [6.07, 6.45) is 10.1. The Morgan fingerprint density at radius 3 is 2.57 bits per heavy atom. The van der Waals surface area contributed by atoms with Crippen molar-refractivity contribution in [2.24, 2.45) is 16.7 Å². The number of nitrogens with zero attached hydrogens (tertiary/aromatic N) is 4. The number of carbonyl (C=O) groups is 1. The normalized spacial score (nSPS) is 30.8. The highest BCUT2D eigenvalue weighted by Crippen LogP contribution is 2.58. The molecule has 1 aromatic heterocycles. The number of carbonyl (C=O) groups excluding carboxylic acids is 1. The molecule has 1 amide bonds. The van der Waals surface area contributed by atoms with Crippen molar-refractivity contribution in [2.75, 3.05) is 45.8 Å². The number of rotatable bonds is 5. The highest BCUT2D eigenvalue weighted by molar-refractivity contribution is 5.86. The molecule has 5 heteroatoms. The van der Waals surface area contributed by atoms with Crippen molar-refractivity contribution in [3.05, 3.63) is 30.1 Å². The minimum atomic E-state index is -0.156. The van der Waals surface area contributed by atoms with E-state index in [1.54, 1.807) is 0 Å². The van der Waals surface area contributed by atoms with Crippen LogP contribution in [-0.4, -0.2) is 71.4 Å². The van der Waals surface area contributed by atoms with Crippen molar-refractivity contribution >= 4 is 5.91 Å². The van der Waals surface area contributed by atoms with Crippen LogP contribution in [0.25, 0.3) is 0 Å². The second-order valence-corrected chi connectivity index (χ2v) is 9.75. The molecule has 5 rings (SSSR count). The van der Waals surface area contributed by atoms with Crippen molar-refractivity contribution in [3.63, 3.8) is 0 Å². The van der Waals surface area contributed by atoms with E-state index in [1.165, 1.54) is 50.9 Å². The second kappa shape index (κ2) is 7.10. The number of fused-ring (bicyclic) bond motifs is 1. The summed E-state index contributed by atoms with van der Waals surface area (Å²) in [6, 6.07) is 4.19. The van der Waals surface area contributed by atoms with Crippen molar-refractivity contribution in [2.45, 2.75) is 45.6 Å². The summed E-state index contributed by atoms with van der Waals surface area (Å²) < 4.78 is 0. The maximum absolute atomic E-state index is 13.6. The van der Waals surface area contributed by atoms with Crippen LogP contribution in [0.15, 0.2) is 24.5 Å². The van der Waals surface area contributed by atoms with Gasteiger partial charge in [-0.2, -0.15) is 0 Å². The number of piperidine rings is 1. The molecule has 1 aliphatic carbocycles. The molecule has 0 unspecified atom stereocenters. The summed E-state index contributed by atoms with van der Waals surface area (Å²) in [6.45, 7) is 10.5. The Morgan fingerprint density at radius 1 is 1.11 bits per heavy atom. The van der Waals surface area contributed by atoms with Crippen LogP contribution in [0, 0.1) is 16.7 Å². The average molecular weight is 383 g/mol. The van der Waals surface area contributed by atoms with Gasteiger partial charge in [-0.3, -0.25) is 14.7 Å². The molecule has 152 valence electrons. The first-order valence-corrected chi connectivity index (χ1v) is 11.3. The molecule has 3 aliphatic heterocycles. The van der Waals surface area contributed by atoms with E-state index in [4.69, 9.17) is 0 Å². The Labute approximate surface area is 169 Å². The SMILES string of the molecule is CCN1CC[C@]2(CN(Cc3cccnc3)CC23CCN(CC2CC2)CC3)C1=O. The van der Waals surface area contributed by atoms with Crippen LogP contribution in [0.1, 0.15) is 44.6 Å². The fourth-order valence-corrected chi connectivity index (χ4v) is 6.29. The van der Waals surface area contributed by atoms with Crippen molar-refractivity contribution in [3.8, 4) is 0 Å². The van der Waals surface area contributed by atoms with Crippen LogP contribution in [0.5, 0.6) is 0 Å². The van der Waals surface area contributed by atoms with Crippen molar-refractivity contribution < 1.29 is 4.79 Å². The van der Waals surface area contributed by atoms with Crippen molar-refractivity contribution in [1.82, 2.24) is 19.7 Å². The zero-order valence-corrected chi connectivity index (χ0v) is 17.3. The summed E-state index contributed by atoms with van der Waals surface area (Å²) in [5, 5.41) is 0. The van der Waals surface area contributed by atoms with E-state index < -0.39 is 0 Å². The van der Waals surface area contributed by atoms with Crippen LogP contribution in [-0.2, 0) is 11.3 Å². The Balaban J connectivity index is 1.37. The topological polar surface area (TPSA) is 39.7 Å². The molecular weight excluding hydrogens is 348 g/mol. The molecule has 0 N–H and O–H groups in total. The molecule has 2 spiro atoms. The Morgan fingerprint density at radius 2 is 1.93 bits per heavy atom. The third kappa shape index (κ3) is 3.07. The van der Waals surface area contributed by atoms with Crippen LogP contribution < -0.4 is 0 Å². The summed E-state index contributed by atoms with van der Waals surface area (Å²) in [4.78, 5) is 25.2. The number of pyridine rings is 1. The number of hydrogen-bond donors (Lipinski definition) is 0.